The van der Waals surface area contributed by atoms with E-state index in [4.69, 9.17) is 4.74 Å². The van der Waals surface area contributed by atoms with E-state index in [1.807, 2.05) is 32.0 Å². The number of carbonyl (C=O) groups excluding carboxylic acids is 2. The molecule has 0 saturated heterocycles. The molecule has 1 aromatic rings. The van der Waals surface area contributed by atoms with Gasteiger partial charge in [0.15, 0.2) is 0 Å². The van der Waals surface area contributed by atoms with E-state index in [1.165, 1.54) is 0 Å². The summed E-state index contributed by atoms with van der Waals surface area (Å²) in [6.07, 6.45) is 6.97. The fraction of sp³-hybridized carbons (Fsp3) is 0.600. The molecule has 0 spiro atoms. The van der Waals surface area contributed by atoms with Crippen LogP contribution in [-0.4, -0.2) is 17.9 Å². The molecule has 1 aromatic carbocycles. The number of aryl methyl sites for hydroxylation is 2. The molecule has 4 nitrogen and oxygen atoms in total. The first-order valence-corrected chi connectivity index (χ1v) is 9.08. The molecule has 0 radical (unpaired) electrons. The van der Waals surface area contributed by atoms with E-state index in [0.717, 1.165) is 56.1 Å². The number of para-hydroxylation sites is 1. The molecule has 1 amide bonds. The van der Waals surface area contributed by atoms with Gasteiger partial charge >= 0.3 is 5.97 Å². The highest BCUT2D eigenvalue weighted by Gasteiger charge is 2.43. The Morgan fingerprint density at radius 3 is 2.33 bits per heavy atom. The van der Waals surface area contributed by atoms with Crippen molar-refractivity contribution < 1.29 is 14.3 Å². The van der Waals surface area contributed by atoms with Crippen LogP contribution in [0.25, 0.3) is 0 Å². The lowest BCUT2D eigenvalue weighted by atomic mass is 9.71. The zero-order chi connectivity index (χ0) is 17.2. The Bertz CT molecular complexity index is 608. The fourth-order valence-corrected chi connectivity index (χ4v) is 3.66. The molecule has 0 aliphatic heterocycles. The molecule has 130 valence electrons. The zero-order valence-corrected chi connectivity index (χ0v) is 14.7. The van der Waals surface area contributed by atoms with Gasteiger partial charge in [0.2, 0.25) is 5.91 Å². The molecule has 0 bridgehead atoms. The Morgan fingerprint density at radius 1 is 1.12 bits per heavy atom. The number of nitrogens with one attached hydrogen (secondary N) is 1. The van der Waals surface area contributed by atoms with Crippen LogP contribution in [-0.2, 0) is 9.59 Å². The number of benzene rings is 1. The van der Waals surface area contributed by atoms with Gasteiger partial charge in [-0.15, -0.1) is 0 Å². The molecule has 0 unspecified atom stereocenters. The summed E-state index contributed by atoms with van der Waals surface area (Å²) in [6, 6.07) is 6.18. The van der Waals surface area contributed by atoms with Crippen molar-refractivity contribution in [2.24, 2.45) is 5.41 Å². The van der Waals surface area contributed by atoms with E-state index in [1.54, 1.807) is 0 Å². The topological polar surface area (TPSA) is 55.4 Å². The summed E-state index contributed by atoms with van der Waals surface area (Å²) in [5, 5.41) is 3.02. The standard InChI is InChI=1S/C20H27NO3/c1-14-7-6-8-15(2)18(14)24-19(23)20(11-4-3-5-12-20)13-17(22)21-16-9-10-16/h6-8,16H,3-5,9-13H2,1-2H3,(H,21,22). The van der Waals surface area contributed by atoms with Gasteiger partial charge in [0.1, 0.15) is 5.75 Å². The zero-order valence-electron chi connectivity index (χ0n) is 14.7. The van der Waals surface area contributed by atoms with Crippen LogP contribution in [0.3, 0.4) is 0 Å². The summed E-state index contributed by atoms with van der Waals surface area (Å²) in [5.74, 6) is 0.415. The third-order valence-corrected chi connectivity index (χ3v) is 5.29. The maximum absolute atomic E-state index is 13.0. The minimum Gasteiger partial charge on any atom is -0.426 e. The molecule has 4 heteroatoms. The van der Waals surface area contributed by atoms with Crippen LogP contribution < -0.4 is 10.1 Å². The van der Waals surface area contributed by atoms with Crippen molar-refractivity contribution in [1.29, 1.82) is 0 Å². The molecule has 1 N–H and O–H groups in total. The molecule has 3 rings (SSSR count). The molecule has 0 aromatic heterocycles. The highest BCUT2D eigenvalue weighted by atomic mass is 16.5. The lowest BCUT2D eigenvalue weighted by molar-refractivity contribution is -0.151. The predicted molar refractivity (Wildman–Crippen MR) is 92.9 cm³/mol. The summed E-state index contributed by atoms with van der Waals surface area (Å²) in [7, 11) is 0. The van der Waals surface area contributed by atoms with Crippen LogP contribution >= 0.6 is 0 Å². The van der Waals surface area contributed by atoms with E-state index in [0.29, 0.717) is 11.8 Å². The first-order valence-electron chi connectivity index (χ1n) is 9.08. The van der Waals surface area contributed by atoms with Crippen LogP contribution in [0.5, 0.6) is 5.75 Å². The van der Waals surface area contributed by atoms with Crippen LogP contribution in [0, 0.1) is 19.3 Å². The summed E-state index contributed by atoms with van der Waals surface area (Å²) < 4.78 is 5.82. The van der Waals surface area contributed by atoms with Crippen molar-refractivity contribution in [1.82, 2.24) is 5.32 Å². The van der Waals surface area contributed by atoms with Crippen molar-refractivity contribution in [2.75, 3.05) is 0 Å². The first-order chi connectivity index (χ1) is 11.5. The fourth-order valence-electron chi connectivity index (χ4n) is 3.66. The van der Waals surface area contributed by atoms with Gasteiger partial charge in [0.05, 0.1) is 5.41 Å². The maximum Gasteiger partial charge on any atom is 0.318 e. The largest absolute Gasteiger partial charge is 0.426 e. The predicted octanol–water partition coefficient (Wildman–Crippen LogP) is 3.83. The monoisotopic (exact) mass is 329 g/mol. The summed E-state index contributed by atoms with van der Waals surface area (Å²) in [6.45, 7) is 3.89. The quantitative estimate of drug-likeness (QED) is 0.660. The van der Waals surface area contributed by atoms with Crippen LogP contribution in [0.15, 0.2) is 18.2 Å². The highest BCUT2D eigenvalue weighted by molar-refractivity contribution is 5.87. The van der Waals surface area contributed by atoms with Crippen molar-refractivity contribution in [3.8, 4) is 5.75 Å². The van der Waals surface area contributed by atoms with Gasteiger partial charge in [-0.2, -0.15) is 0 Å². The molecule has 0 heterocycles. The van der Waals surface area contributed by atoms with Crippen LogP contribution in [0.4, 0.5) is 0 Å². The molecular formula is C20H27NO3. The maximum atomic E-state index is 13.0. The number of hydrogen-bond acceptors (Lipinski definition) is 3. The van der Waals surface area contributed by atoms with Crippen molar-refractivity contribution >= 4 is 11.9 Å². The number of hydrogen-bond donors (Lipinski definition) is 1. The number of rotatable bonds is 5. The smallest absolute Gasteiger partial charge is 0.318 e. The van der Waals surface area contributed by atoms with Gasteiger partial charge in [-0.1, -0.05) is 37.5 Å². The van der Waals surface area contributed by atoms with Gasteiger partial charge in [-0.05, 0) is 50.7 Å². The molecule has 24 heavy (non-hydrogen) atoms. The number of carbonyl (C=O) groups is 2. The number of ether oxygens (including phenoxy) is 1. The van der Waals surface area contributed by atoms with E-state index in [-0.39, 0.29) is 18.3 Å². The van der Waals surface area contributed by atoms with E-state index in [9.17, 15) is 9.59 Å². The van der Waals surface area contributed by atoms with Gasteiger partial charge in [-0.3, -0.25) is 9.59 Å². The van der Waals surface area contributed by atoms with Crippen molar-refractivity contribution in [3.63, 3.8) is 0 Å². The molecule has 2 fully saturated rings. The molecule has 2 aliphatic carbocycles. The Labute approximate surface area is 144 Å². The van der Waals surface area contributed by atoms with Gasteiger partial charge in [0.25, 0.3) is 0 Å². The second-order valence-electron chi connectivity index (χ2n) is 7.47. The van der Waals surface area contributed by atoms with Gasteiger partial charge in [0, 0.05) is 12.5 Å². The molecule has 2 aliphatic rings. The third-order valence-electron chi connectivity index (χ3n) is 5.29. The van der Waals surface area contributed by atoms with Crippen LogP contribution in [0.1, 0.15) is 62.5 Å². The molecular weight excluding hydrogens is 302 g/mol. The Balaban J connectivity index is 1.76. The van der Waals surface area contributed by atoms with Gasteiger partial charge < -0.3 is 10.1 Å². The summed E-state index contributed by atoms with van der Waals surface area (Å²) in [4.78, 5) is 25.4. The Morgan fingerprint density at radius 2 is 1.75 bits per heavy atom. The second-order valence-corrected chi connectivity index (χ2v) is 7.47. The lowest BCUT2D eigenvalue weighted by Gasteiger charge is -2.34. The van der Waals surface area contributed by atoms with E-state index >= 15 is 0 Å². The average molecular weight is 329 g/mol. The van der Waals surface area contributed by atoms with Gasteiger partial charge in [-0.25, -0.2) is 0 Å². The number of esters is 1. The summed E-state index contributed by atoms with van der Waals surface area (Å²) >= 11 is 0. The second kappa shape index (κ2) is 6.96. The average Bonchev–Trinajstić information content (AvgIpc) is 3.35. The van der Waals surface area contributed by atoms with E-state index in [2.05, 4.69) is 5.32 Å². The lowest BCUT2D eigenvalue weighted by Crippen LogP contribution is -2.42. The Hall–Kier alpha value is -1.84. The van der Waals surface area contributed by atoms with Crippen molar-refractivity contribution in [2.45, 2.75) is 71.3 Å². The molecule has 0 atom stereocenters. The first kappa shape index (κ1) is 17.0. The number of amides is 1. The van der Waals surface area contributed by atoms with E-state index < -0.39 is 5.41 Å². The third kappa shape index (κ3) is 3.80. The van der Waals surface area contributed by atoms with Crippen LogP contribution in [0.2, 0.25) is 0 Å². The van der Waals surface area contributed by atoms with Crippen molar-refractivity contribution in [3.05, 3.63) is 29.3 Å². The minimum atomic E-state index is -0.661. The summed E-state index contributed by atoms with van der Waals surface area (Å²) in [5.41, 5.74) is 1.25. The SMILES string of the molecule is Cc1cccc(C)c1OC(=O)C1(CC(=O)NC2CC2)CCCCC1. The highest BCUT2D eigenvalue weighted by Crippen LogP contribution is 2.41. The molecule has 2 saturated carbocycles. The normalized spacial score (nSPS) is 19.6. The Kier molecular flexibility index (Phi) is 4.93. The minimum absolute atomic E-state index is 0.00199.